The summed E-state index contributed by atoms with van der Waals surface area (Å²) in [7, 11) is 5.91. The summed E-state index contributed by atoms with van der Waals surface area (Å²) in [6, 6.07) is 8.85. The number of hydrogen-bond donors (Lipinski definition) is 1. The molecule has 0 bridgehead atoms. The molecule has 4 nitrogen and oxygen atoms in total. The van der Waals surface area contributed by atoms with Gasteiger partial charge in [0, 0.05) is 37.9 Å². The fourth-order valence-electron chi connectivity index (χ4n) is 2.55. The lowest BCUT2D eigenvalue weighted by atomic mass is 10.1. The van der Waals surface area contributed by atoms with Crippen LogP contribution in [0.25, 0.3) is 0 Å². The van der Waals surface area contributed by atoms with Crippen molar-refractivity contribution in [3.8, 4) is 5.75 Å². The maximum atomic E-state index is 5.31. The molecule has 1 aromatic carbocycles. The van der Waals surface area contributed by atoms with Crippen LogP contribution in [0.5, 0.6) is 5.75 Å². The molecule has 1 aliphatic rings. The highest BCUT2D eigenvalue weighted by Gasteiger charge is 2.24. The van der Waals surface area contributed by atoms with Gasteiger partial charge in [0.1, 0.15) is 5.75 Å². The lowest BCUT2D eigenvalue weighted by Crippen LogP contribution is -2.55. The largest absolute Gasteiger partial charge is 0.497 e. The quantitative estimate of drug-likeness (QED) is 0.863. The highest BCUT2D eigenvalue weighted by molar-refractivity contribution is 5.52. The van der Waals surface area contributed by atoms with Crippen LogP contribution in [0.4, 0.5) is 5.69 Å². The first-order chi connectivity index (χ1) is 8.74. The Labute approximate surface area is 110 Å². The predicted octanol–water partition coefficient (Wildman–Crippen LogP) is 1.04. The molecular weight excluding hydrogens is 226 g/mol. The first-order valence-electron chi connectivity index (χ1n) is 6.48. The summed E-state index contributed by atoms with van der Waals surface area (Å²) < 4.78 is 5.31. The van der Waals surface area contributed by atoms with Crippen molar-refractivity contribution in [2.75, 3.05) is 52.3 Å². The van der Waals surface area contributed by atoms with Crippen molar-refractivity contribution in [2.24, 2.45) is 0 Å². The minimum atomic E-state index is 0.515. The van der Waals surface area contributed by atoms with Crippen LogP contribution in [0.2, 0.25) is 0 Å². The van der Waals surface area contributed by atoms with Gasteiger partial charge in [-0.05, 0) is 26.2 Å². The van der Waals surface area contributed by atoms with Gasteiger partial charge in [-0.2, -0.15) is 0 Å². The first kappa shape index (κ1) is 13.2. The van der Waals surface area contributed by atoms with Crippen molar-refractivity contribution in [3.05, 3.63) is 24.3 Å². The number of methoxy groups -OCH3 is 1. The molecule has 0 radical (unpaired) electrons. The molecule has 0 saturated carbocycles. The Balaban J connectivity index is 2.17. The molecular formula is C14H23N3O. The van der Waals surface area contributed by atoms with Crippen molar-refractivity contribution in [1.29, 1.82) is 0 Å². The van der Waals surface area contributed by atoms with Crippen molar-refractivity contribution in [3.63, 3.8) is 0 Å². The third-order valence-electron chi connectivity index (χ3n) is 3.51. The van der Waals surface area contributed by atoms with Crippen molar-refractivity contribution in [2.45, 2.75) is 6.04 Å². The van der Waals surface area contributed by atoms with E-state index in [-0.39, 0.29) is 0 Å². The van der Waals surface area contributed by atoms with Gasteiger partial charge in [-0.1, -0.05) is 6.07 Å². The molecule has 0 aliphatic carbocycles. The van der Waals surface area contributed by atoms with Gasteiger partial charge in [0.15, 0.2) is 0 Å². The van der Waals surface area contributed by atoms with E-state index in [1.54, 1.807) is 7.11 Å². The number of nitrogens with zero attached hydrogens (tertiary/aromatic N) is 2. The van der Waals surface area contributed by atoms with E-state index in [2.05, 4.69) is 40.4 Å². The predicted molar refractivity (Wildman–Crippen MR) is 75.6 cm³/mol. The Kier molecular flexibility index (Phi) is 4.44. The molecule has 1 saturated heterocycles. The first-order valence-corrected chi connectivity index (χ1v) is 6.48. The van der Waals surface area contributed by atoms with Crippen LogP contribution in [0.3, 0.4) is 0 Å². The normalized spacial score (nSPS) is 21.1. The van der Waals surface area contributed by atoms with E-state index in [1.807, 2.05) is 13.1 Å². The Bertz CT molecular complexity index is 383. The Morgan fingerprint density at radius 2 is 2.22 bits per heavy atom. The Hall–Kier alpha value is -1.26. The highest BCUT2D eigenvalue weighted by Crippen LogP contribution is 2.24. The summed E-state index contributed by atoms with van der Waals surface area (Å²) in [5, 5.41) is 3.29. The third-order valence-corrected chi connectivity index (χ3v) is 3.51. The number of rotatable bonds is 4. The molecule has 1 aromatic rings. The summed E-state index contributed by atoms with van der Waals surface area (Å²) in [5.41, 5.74) is 1.25. The van der Waals surface area contributed by atoms with Gasteiger partial charge in [-0.25, -0.2) is 0 Å². The van der Waals surface area contributed by atoms with Crippen LogP contribution in [-0.2, 0) is 0 Å². The monoisotopic (exact) mass is 249 g/mol. The van der Waals surface area contributed by atoms with Gasteiger partial charge in [0.25, 0.3) is 0 Å². The van der Waals surface area contributed by atoms with Crippen LogP contribution in [-0.4, -0.2) is 58.3 Å². The minimum absolute atomic E-state index is 0.515. The molecule has 1 aliphatic heterocycles. The number of benzene rings is 1. The standard InChI is InChI=1S/C14H23N3O/c1-15-10-13-11-16(2)7-8-17(13)12-5-4-6-14(9-12)18-3/h4-6,9,13,15H,7-8,10-11H2,1-3H3. The molecule has 18 heavy (non-hydrogen) atoms. The summed E-state index contributed by atoms with van der Waals surface area (Å²) >= 11 is 0. The van der Waals surface area contributed by atoms with Gasteiger partial charge < -0.3 is 19.9 Å². The number of piperazine rings is 1. The average molecular weight is 249 g/mol. The summed E-state index contributed by atoms with van der Waals surface area (Å²) in [6.45, 7) is 4.27. The molecule has 2 rings (SSSR count). The summed E-state index contributed by atoms with van der Waals surface area (Å²) in [4.78, 5) is 4.86. The van der Waals surface area contributed by atoms with Crippen molar-refractivity contribution in [1.82, 2.24) is 10.2 Å². The summed E-state index contributed by atoms with van der Waals surface area (Å²) in [6.07, 6.45) is 0. The van der Waals surface area contributed by atoms with Gasteiger partial charge in [-0.15, -0.1) is 0 Å². The lowest BCUT2D eigenvalue weighted by molar-refractivity contribution is 0.265. The van der Waals surface area contributed by atoms with Crippen molar-refractivity contribution >= 4 is 5.69 Å². The average Bonchev–Trinajstić information content (AvgIpc) is 2.39. The van der Waals surface area contributed by atoms with E-state index in [1.165, 1.54) is 5.69 Å². The van der Waals surface area contributed by atoms with Crippen LogP contribution >= 0.6 is 0 Å². The van der Waals surface area contributed by atoms with E-state index < -0.39 is 0 Å². The fraction of sp³-hybridized carbons (Fsp3) is 0.571. The van der Waals surface area contributed by atoms with Gasteiger partial charge in [-0.3, -0.25) is 0 Å². The molecule has 0 aromatic heterocycles. The van der Waals surface area contributed by atoms with E-state index in [0.717, 1.165) is 31.9 Å². The minimum Gasteiger partial charge on any atom is -0.497 e. The SMILES string of the molecule is CNCC1CN(C)CCN1c1cccc(OC)c1. The van der Waals surface area contributed by atoms with Crippen LogP contribution < -0.4 is 15.0 Å². The van der Waals surface area contributed by atoms with Gasteiger partial charge in [0.2, 0.25) is 0 Å². The molecule has 1 heterocycles. The molecule has 1 N–H and O–H groups in total. The summed E-state index contributed by atoms with van der Waals surface area (Å²) in [5.74, 6) is 0.926. The Morgan fingerprint density at radius 1 is 1.39 bits per heavy atom. The molecule has 100 valence electrons. The van der Waals surface area contributed by atoms with Crippen molar-refractivity contribution < 1.29 is 4.74 Å². The van der Waals surface area contributed by atoms with E-state index >= 15 is 0 Å². The molecule has 0 amide bonds. The zero-order valence-corrected chi connectivity index (χ0v) is 11.5. The molecule has 1 atom stereocenters. The molecule has 0 spiro atoms. The van der Waals surface area contributed by atoms with E-state index in [4.69, 9.17) is 4.74 Å². The Morgan fingerprint density at radius 3 is 2.94 bits per heavy atom. The number of ether oxygens (including phenoxy) is 1. The van der Waals surface area contributed by atoms with E-state index in [0.29, 0.717) is 6.04 Å². The maximum absolute atomic E-state index is 5.31. The zero-order chi connectivity index (χ0) is 13.0. The van der Waals surface area contributed by atoms with Crippen LogP contribution in [0.1, 0.15) is 0 Å². The highest BCUT2D eigenvalue weighted by atomic mass is 16.5. The molecule has 1 fully saturated rings. The number of nitrogens with one attached hydrogen (secondary N) is 1. The number of likely N-dealkylation sites (N-methyl/N-ethyl adjacent to an activating group) is 2. The van der Waals surface area contributed by atoms with Gasteiger partial charge in [0.05, 0.1) is 13.2 Å². The molecule has 4 heteroatoms. The van der Waals surface area contributed by atoms with Gasteiger partial charge >= 0.3 is 0 Å². The second kappa shape index (κ2) is 6.07. The lowest BCUT2D eigenvalue weighted by Gasteiger charge is -2.41. The van der Waals surface area contributed by atoms with Crippen LogP contribution in [0.15, 0.2) is 24.3 Å². The smallest absolute Gasteiger partial charge is 0.120 e. The zero-order valence-electron chi connectivity index (χ0n) is 11.5. The van der Waals surface area contributed by atoms with E-state index in [9.17, 15) is 0 Å². The number of hydrogen-bond acceptors (Lipinski definition) is 4. The third kappa shape index (κ3) is 2.94. The second-order valence-corrected chi connectivity index (χ2v) is 4.87. The second-order valence-electron chi connectivity index (χ2n) is 4.87. The maximum Gasteiger partial charge on any atom is 0.120 e. The molecule has 1 unspecified atom stereocenters. The number of anilines is 1. The topological polar surface area (TPSA) is 27.7 Å². The van der Waals surface area contributed by atoms with Crippen LogP contribution in [0, 0.1) is 0 Å². The fourth-order valence-corrected chi connectivity index (χ4v) is 2.55.